The number of carbonyl (C=O) groups is 2. The first-order valence-corrected chi connectivity index (χ1v) is 12.4. The van der Waals surface area contributed by atoms with Gasteiger partial charge < -0.3 is 15.7 Å². The van der Waals surface area contributed by atoms with Crippen LogP contribution in [0.15, 0.2) is 48.5 Å². The fraction of sp³-hybridized carbons (Fsp3) is 0.185. The lowest BCUT2D eigenvalue weighted by Gasteiger charge is -2.21. The van der Waals surface area contributed by atoms with Crippen molar-refractivity contribution in [3.05, 3.63) is 71.3 Å². The van der Waals surface area contributed by atoms with Crippen molar-refractivity contribution < 1.29 is 9.59 Å². The number of imide groups is 1. The average Bonchev–Trinajstić information content (AvgIpc) is 3.64. The summed E-state index contributed by atoms with van der Waals surface area (Å²) in [5.74, 6) is -0.375. The molecule has 0 saturated heterocycles. The number of alkyl halides is 1. The highest BCUT2D eigenvalue weighted by Gasteiger charge is 2.32. The van der Waals surface area contributed by atoms with Crippen molar-refractivity contribution in [2.24, 2.45) is 5.73 Å². The Balaban J connectivity index is 0.000000253. The van der Waals surface area contributed by atoms with E-state index >= 15 is 0 Å². The van der Waals surface area contributed by atoms with Crippen LogP contribution < -0.4 is 11.1 Å². The highest BCUT2D eigenvalue weighted by molar-refractivity contribution is 9.10. The van der Waals surface area contributed by atoms with Gasteiger partial charge in [0.2, 0.25) is 5.91 Å². The highest BCUT2D eigenvalue weighted by atomic mass is 79.9. The molecule has 5 rings (SSSR count). The SMILES string of the molecule is C1=Cc2cc3ccc(cc4nc(cc5ccc(cc1n2)[nH]5)C=C4)[nH]3.CCC(Br)(CC)C(=O)NC(N)=O.Cl. The van der Waals surface area contributed by atoms with Crippen molar-refractivity contribution in [1.82, 2.24) is 25.3 Å². The molecule has 0 saturated carbocycles. The maximum atomic E-state index is 11.3. The smallest absolute Gasteiger partial charge is 0.318 e. The fourth-order valence-electron chi connectivity index (χ4n) is 3.74. The Morgan fingerprint density at radius 2 is 1.11 bits per heavy atom. The number of halogens is 2. The van der Waals surface area contributed by atoms with Crippen LogP contribution in [0.2, 0.25) is 0 Å². The van der Waals surface area contributed by atoms with Gasteiger partial charge in [-0.3, -0.25) is 10.1 Å². The lowest BCUT2D eigenvalue weighted by molar-refractivity contribution is -0.122. The molecule has 8 bridgehead atoms. The van der Waals surface area contributed by atoms with Gasteiger partial charge in [-0.15, -0.1) is 12.4 Å². The fourth-order valence-corrected chi connectivity index (χ4v) is 3.84. The molecule has 3 aromatic heterocycles. The molecule has 0 atom stereocenters. The van der Waals surface area contributed by atoms with Crippen molar-refractivity contribution in [2.75, 3.05) is 0 Å². The third-order valence-corrected chi connectivity index (χ3v) is 7.29. The summed E-state index contributed by atoms with van der Waals surface area (Å²) in [6, 6.07) is 15.5. The van der Waals surface area contributed by atoms with E-state index in [2.05, 4.69) is 60.1 Å². The summed E-state index contributed by atoms with van der Waals surface area (Å²) in [6.45, 7) is 3.72. The minimum Gasteiger partial charge on any atom is -0.355 e. The number of hydrogen-bond donors (Lipinski definition) is 4. The number of carbonyl (C=O) groups excluding carboxylic acids is 2. The Bertz CT molecular complexity index is 1340. The van der Waals surface area contributed by atoms with E-state index in [1.165, 1.54) is 0 Å². The molecule has 0 fully saturated rings. The molecule has 0 unspecified atom stereocenters. The predicted octanol–water partition coefficient (Wildman–Crippen LogP) is 6.21. The van der Waals surface area contributed by atoms with E-state index in [0.717, 1.165) is 44.8 Å². The van der Waals surface area contributed by atoms with Gasteiger partial charge in [0.05, 0.1) is 22.8 Å². The van der Waals surface area contributed by atoms with E-state index in [9.17, 15) is 9.59 Å². The summed E-state index contributed by atoms with van der Waals surface area (Å²) in [5.41, 5.74) is 12.7. The summed E-state index contributed by atoms with van der Waals surface area (Å²) < 4.78 is -0.665. The van der Waals surface area contributed by atoms with Gasteiger partial charge in [0.15, 0.2) is 0 Å². The van der Waals surface area contributed by atoms with Crippen molar-refractivity contribution in [1.29, 1.82) is 0 Å². The van der Waals surface area contributed by atoms with E-state index in [4.69, 9.17) is 5.73 Å². The number of fused-ring (bicyclic) bond motifs is 8. The quantitative estimate of drug-likeness (QED) is 0.188. The third-order valence-electron chi connectivity index (χ3n) is 5.81. The summed E-state index contributed by atoms with van der Waals surface area (Å²) in [4.78, 5) is 37.7. The number of H-pyrrole nitrogens is 2. The molecule has 3 aromatic rings. The van der Waals surface area contributed by atoms with Crippen molar-refractivity contribution in [2.45, 2.75) is 31.0 Å². The molecule has 0 spiro atoms. The highest BCUT2D eigenvalue weighted by Crippen LogP contribution is 2.26. The normalized spacial score (nSPS) is 11.8. The molecular formula is C27H28BrClN6O2. The van der Waals surface area contributed by atoms with Crippen LogP contribution in [0, 0.1) is 0 Å². The average molecular weight is 584 g/mol. The molecule has 0 aliphatic carbocycles. The zero-order valence-electron chi connectivity index (χ0n) is 20.4. The molecule has 8 nitrogen and oxygen atoms in total. The molecule has 0 radical (unpaired) electrons. The number of rotatable bonds is 3. The number of aromatic nitrogens is 4. The molecule has 2 aliphatic heterocycles. The van der Waals surface area contributed by atoms with Crippen LogP contribution in [0.5, 0.6) is 0 Å². The van der Waals surface area contributed by atoms with E-state index in [-0.39, 0.29) is 18.3 Å². The van der Waals surface area contributed by atoms with Crippen LogP contribution in [0.25, 0.3) is 46.4 Å². The second-order valence-electron chi connectivity index (χ2n) is 8.40. The number of nitrogens with two attached hydrogens (primary N) is 1. The number of aromatic amines is 2. The minimum atomic E-state index is -0.814. The van der Waals surface area contributed by atoms with E-state index in [1.807, 2.05) is 67.7 Å². The number of nitrogens with zero attached hydrogens (tertiary/aromatic N) is 2. The Labute approximate surface area is 229 Å². The first kappa shape index (κ1) is 27.9. The summed E-state index contributed by atoms with van der Waals surface area (Å²) >= 11 is 3.26. The Hall–Kier alpha value is -3.69. The van der Waals surface area contributed by atoms with Gasteiger partial charge in [-0.05, 0) is 85.7 Å². The van der Waals surface area contributed by atoms with Crippen LogP contribution in [0.1, 0.15) is 49.5 Å². The standard InChI is InChI=1S/C20H14N4.C7H13BrN2O2.ClH/c1-2-14-10-16-5-6-18(23-16)12-20-8-7-19(24-20)11-17-4-3-15(22-17)9-13(1)21-14;1-3-7(8,4-2)5(11)10-6(9)12;/h1-12,21,24H;3-4H2,1-2H3,(H3,9,10,11,12);1H. The van der Waals surface area contributed by atoms with Gasteiger partial charge in [0.25, 0.3) is 0 Å². The number of nitrogens with one attached hydrogen (secondary N) is 3. The topological polar surface area (TPSA) is 130 Å². The second-order valence-corrected chi connectivity index (χ2v) is 9.91. The summed E-state index contributed by atoms with van der Waals surface area (Å²) in [6.07, 6.45) is 9.32. The van der Waals surface area contributed by atoms with Gasteiger partial charge >= 0.3 is 6.03 Å². The number of urea groups is 1. The molecule has 5 heterocycles. The molecular weight excluding hydrogens is 556 g/mol. The zero-order valence-corrected chi connectivity index (χ0v) is 22.8. The number of primary amides is 1. The second kappa shape index (κ2) is 12.0. The summed E-state index contributed by atoms with van der Waals surface area (Å²) in [7, 11) is 0. The maximum absolute atomic E-state index is 11.3. The predicted molar refractivity (Wildman–Crippen MR) is 156 cm³/mol. The van der Waals surface area contributed by atoms with Gasteiger partial charge in [-0.1, -0.05) is 29.8 Å². The summed E-state index contributed by atoms with van der Waals surface area (Å²) in [5, 5.41) is 2.04. The molecule has 5 N–H and O–H groups in total. The maximum Gasteiger partial charge on any atom is 0.318 e. The number of amides is 3. The molecule has 2 aliphatic rings. The monoisotopic (exact) mass is 582 g/mol. The Kier molecular flexibility index (Phi) is 9.07. The van der Waals surface area contributed by atoms with E-state index in [0.29, 0.717) is 12.8 Å². The molecule has 3 amide bonds. The van der Waals surface area contributed by atoms with Crippen molar-refractivity contribution in [3.63, 3.8) is 0 Å². The Morgan fingerprint density at radius 1 is 0.784 bits per heavy atom. The third kappa shape index (κ3) is 7.18. The molecule has 192 valence electrons. The van der Waals surface area contributed by atoms with Crippen LogP contribution in [-0.4, -0.2) is 36.2 Å². The van der Waals surface area contributed by atoms with Crippen molar-refractivity contribution >= 4 is 86.6 Å². The minimum absolute atomic E-state index is 0. The first-order chi connectivity index (χ1) is 17.3. The van der Waals surface area contributed by atoms with Crippen molar-refractivity contribution in [3.8, 4) is 0 Å². The van der Waals surface area contributed by atoms with Crippen LogP contribution in [-0.2, 0) is 4.79 Å². The van der Waals surface area contributed by atoms with Gasteiger partial charge in [-0.2, -0.15) is 0 Å². The van der Waals surface area contributed by atoms with Gasteiger partial charge in [0, 0.05) is 22.1 Å². The van der Waals surface area contributed by atoms with Gasteiger partial charge in [0.1, 0.15) is 4.32 Å². The van der Waals surface area contributed by atoms with E-state index in [1.54, 1.807) is 0 Å². The first-order valence-electron chi connectivity index (χ1n) is 11.6. The largest absolute Gasteiger partial charge is 0.355 e. The molecule has 10 heteroatoms. The lowest BCUT2D eigenvalue weighted by atomic mass is 10.0. The lowest BCUT2D eigenvalue weighted by Crippen LogP contribution is -2.46. The van der Waals surface area contributed by atoms with Crippen LogP contribution in [0.3, 0.4) is 0 Å². The Morgan fingerprint density at radius 3 is 1.38 bits per heavy atom. The number of hydrogen-bond acceptors (Lipinski definition) is 4. The van der Waals surface area contributed by atoms with Crippen LogP contribution in [0.4, 0.5) is 4.79 Å². The molecule has 0 aromatic carbocycles. The van der Waals surface area contributed by atoms with Crippen LogP contribution >= 0.6 is 28.3 Å². The van der Waals surface area contributed by atoms with Gasteiger partial charge in [-0.25, -0.2) is 14.8 Å². The zero-order chi connectivity index (χ0) is 25.7. The molecule has 37 heavy (non-hydrogen) atoms. The van der Waals surface area contributed by atoms with E-state index < -0.39 is 10.4 Å².